The third-order valence-corrected chi connectivity index (χ3v) is 6.04. The van der Waals surface area contributed by atoms with Crippen LogP contribution in [0.2, 0.25) is 0 Å². The number of carbonyl (C=O) groups is 2. The molecule has 0 radical (unpaired) electrons. The smallest absolute Gasteiger partial charge is 0.255 e. The van der Waals surface area contributed by atoms with Crippen LogP contribution < -0.4 is 10.6 Å². The highest BCUT2D eigenvalue weighted by atomic mass is 79.9. The molecule has 4 rings (SSSR count). The van der Waals surface area contributed by atoms with Crippen molar-refractivity contribution in [2.75, 3.05) is 5.32 Å². The molecule has 2 aromatic rings. The number of aryl methyl sites for hydroxylation is 1. The lowest BCUT2D eigenvalue weighted by Crippen LogP contribution is -2.35. The number of carbonyl (C=O) groups excluding carboxylic acids is 2. The van der Waals surface area contributed by atoms with Gasteiger partial charge in [-0.2, -0.15) is 5.10 Å². The average Bonchev–Trinajstić information content (AvgIpc) is 3.01. The summed E-state index contributed by atoms with van der Waals surface area (Å²) in [6.45, 7) is 3.84. The van der Waals surface area contributed by atoms with Crippen LogP contribution in [-0.2, 0) is 16.6 Å². The van der Waals surface area contributed by atoms with Crippen molar-refractivity contribution in [3.8, 4) is 0 Å². The van der Waals surface area contributed by atoms with Crippen molar-refractivity contribution in [1.82, 2.24) is 20.1 Å². The van der Waals surface area contributed by atoms with Crippen molar-refractivity contribution in [2.24, 2.45) is 7.05 Å². The number of ketones is 1. The molecule has 7 nitrogen and oxygen atoms in total. The molecule has 8 heteroatoms. The second-order valence-corrected chi connectivity index (χ2v) is 8.31. The molecule has 2 aliphatic rings. The van der Waals surface area contributed by atoms with Gasteiger partial charge in [-0.1, -0.05) is 0 Å². The number of rotatable bonds is 3. The number of allylic oxidation sites excluding steroid dienone is 3. The van der Waals surface area contributed by atoms with Gasteiger partial charge in [-0.15, -0.1) is 0 Å². The van der Waals surface area contributed by atoms with E-state index in [-0.39, 0.29) is 11.7 Å². The molecule has 1 amide bonds. The highest BCUT2D eigenvalue weighted by molar-refractivity contribution is 9.10. The zero-order valence-corrected chi connectivity index (χ0v) is 18.1. The van der Waals surface area contributed by atoms with Gasteiger partial charge in [0.25, 0.3) is 5.91 Å². The molecule has 3 heterocycles. The first-order valence-electron chi connectivity index (χ1n) is 9.52. The SMILES string of the molecule is CC1=C(C(=O)Nc2ccc(Br)cn2)[C@H](c2cnn(C)c2C)C2=C(CCCC2=O)N1. The molecule has 0 fully saturated rings. The van der Waals surface area contributed by atoms with Crippen LogP contribution in [0.25, 0.3) is 0 Å². The van der Waals surface area contributed by atoms with Crippen LogP contribution in [0.5, 0.6) is 0 Å². The van der Waals surface area contributed by atoms with Gasteiger partial charge in [-0.25, -0.2) is 4.98 Å². The van der Waals surface area contributed by atoms with E-state index in [0.717, 1.165) is 40.0 Å². The molecule has 1 aliphatic heterocycles. The topological polar surface area (TPSA) is 88.9 Å². The van der Waals surface area contributed by atoms with Crippen molar-refractivity contribution < 1.29 is 9.59 Å². The van der Waals surface area contributed by atoms with E-state index in [2.05, 4.69) is 36.6 Å². The van der Waals surface area contributed by atoms with Crippen molar-refractivity contribution >= 4 is 33.4 Å². The Balaban J connectivity index is 1.79. The number of dihydropyridines is 1. The Morgan fingerprint density at radius 3 is 2.72 bits per heavy atom. The number of aromatic nitrogens is 3. The molecule has 0 aromatic carbocycles. The summed E-state index contributed by atoms with van der Waals surface area (Å²) in [4.78, 5) is 30.5. The summed E-state index contributed by atoms with van der Waals surface area (Å²) in [7, 11) is 1.86. The molecule has 0 bridgehead atoms. The number of hydrogen-bond donors (Lipinski definition) is 2. The molecule has 1 atom stereocenters. The van der Waals surface area contributed by atoms with Crippen LogP contribution in [0.1, 0.15) is 43.4 Å². The van der Waals surface area contributed by atoms with Crippen LogP contribution in [0, 0.1) is 6.92 Å². The Morgan fingerprint density at radius 1 is 1.28 bits per heavy atom. The number of nitrogens with one attached hydrogen (secondary N) is 2. The third kappa shape index (κ3) is 3.53. The molecule has 2 N–H and O–H groups in total. The van der Waals surface area contributed by atoms with E-state index >= 15 is 0 Å². The first kappa shape index (κ1) is 19.6. The molecule has 2 aromatic heterocycles. The van der Waals surface area contributed by atoms with Gasteiger partial charge in [0, 0.05) is 63.9 Å². The molecule has 0 saturated carbocycles. The number of Topliss-reactive ketones (excluding diaryl/α,β-unsaturated/α-hetero) is 1. The van der Waals surface area contributed by atoms with Gasteiger partial charge in [0.05, 0.1) is 6.20 Å². The lowest BCUT2D eigenvalue weighted by atomic mass is 9.75. The van der Waals surface area contributed by atoms with E-state index in [9.17, 15) is 9.59 Å². The van der Waals surface area contributed by atoms with Crippen molar-refractivity contribution in [1.29, 1.82) is 0 Å². The fourth-order valence-corrected chi connectivity index (χ4v) is 4.26. The Bertz CT molecular complexity index is 1070. The van der Waals surface area contributed by atoms with Crippen molar-refractivity contribution in [2.45, 2.75) is 39.0 Å². The predicted octanol–water partition coefficient (Wildman–Crippen LogP) is 3.49. The summed E-state index contributed by atoms with van der Waals surface area (Å²) >= 11 is 3.35. The zero-order chi connectivity index (χ0) is 20.7. The van der Waals surface area contributed by atoms with E-state index in [1.54, 1.807) is 23.1 Å². The maximum atomic E-state index is 13.3. The minimum absolute atomic E-state index is 0.0894. The summed E-state index contributed by atoms with van der Waals surface area (Å²) < 4.78 is 2.60. The maximum Gasteiger partial charge on any atom is 0.255 e. The predicted molar refractivity (Wildman–Crippen MR) is 113 cm³/mol. The Labute approximate surface area is 177 Å². The van der Waals surface area contributed by atoms with Gasteiger partial charge in [0.2, 0.25) is 0 Å². The minimum Gasteiger partial charge on any atom is -0.362 e. The summed E-state index contributed by atoms with van der Waals surface area (Å²) in [5.41, 5.74) is 4.70. The number of amides is 1. The van der Waals surface area contributed by atoms with Gasteiger partial charge in [-0.3, -0.25) is 14.3 Å². The Morgan fingerprint density at radius 2 is 2.07 bits per heavy atom. The largest absolute Gasteiger partial charge is 0.362 e. The monoisotopic (exact) mass is 455 g/mol. The number of halogens is 1. The second kappa shape index (κ2) is 7.59. The van der Waals surface area contributed by atoms with Gasteiger partial charge >= 0.3 is 0 Å². The lowest BCUT2D eigenvalue weighted by molar-refractivity contribution is -0.116. The molecule has 1 aliphatic carbocycles. The number of pyridine rings is 1. The number of nitrogens with zero attached hydrogens (tertiary/aromatic N) is 3. The normalized spacial score (nSPS) is 19.2. The molecule has 0 unspecified atom stereocenters. The number of anilines is 1. The molecule has 150 valence electrons. The molecular weight excluding hydrogens is 434 g/mol. The van der Waals surface area contributed by atoms with E-state index in [4.69, 9.17) is 0 Å². The Hall–Kier alpha value is -2.74. The van der Waals surface area contributed by atoms with Crippen LogP contribution in [-0.4, -0.2) is 26.5 Å². The van der Waals surface area contributed by atoms with E-state index in [1.165, 1.54) is 0 Å². The summed E-state index contributed by atoms with van der Waals surface area (Å²) in [6.07, 6.45) is 5.51. The summed E-state index contributed by atoms with van der Waals surface area (Å²) in [5, 5.41) is 10.6. The highest BCUT2D eigenvalue weighted by Crippen LogP contribution is 2.43. The molecular formula is C21H22BrN5O2. The Kier molecular flexibility index (Phi) is 5.12. The van der Waals surface area contributed by atoms with Crippen LogP contribution >= 0.6 is 15.9 Å². The van der Waals surface area contributed by atoms with Crippen LogP contribution in [0.3, 0.4) is 0 Å². The standard InChI is InChI=1S/C21H22BrN5O2/c1-11-18(21(29)26-17-8-7-13(22)9-23-17)19(14-10-24-27(3)12(14)2)20-15(25-11)5-4-6-16(20)28/h7-10,19,25H,4-6H2,1-3H3,(H,23,26,29)/t19-/m0/s1. The van der Waals surface area contributed by atoms with Crippen LogP contribution in [0.15, 0.2) is 51.5 Å². The first-order valence-corrected chi connectivity index (χ1v) is 10.3. The molecule has 0 saturated heterocycles. The fraction of sp³-hybridized carbons (Fsp3) is 0.333. The van der Waals surface area contributed by atoms with E-state index in [0.29, 0.717) is 23.4 Å². The summed E-state index contributed by atoms with van der Waals surface area (Å²) in [5.74, 6) is -0.173. The van der Waals surface area contributed by atoms with Gasteiger partial charge in [0.15, 0.2) is 5.78 Å². The first-order chi connectivity index (χ1) is 13.9. The average molecular weight is 456 g/mol. The van der Waals surface area contributed by atoms with Crippen molar-refractivity contribution in [3.63, 3.8) is 0 Å². The molecule has 29 heavy (non-hydrogen) atoms. The van der Waals surface area contributed by atoms with Gasteiger partial charge in [-0.05, 0) is 54.8 Å². The van der Waals surface area contributed by atoms with Crippen LogP contribution in [0.4, 0.5) is 5.82 Å². The molecule has 0 spiro atoms. The maximum absolute atomic E-state index is 13.3. The van der Waals surface area contributed by atoms with Gasteiger partial charge in [0.1, 0.15) is 5.82 Å². The number of hydrogen-bond acceptors (Lipinski definition) is 5. The highest BCUT2D eigenvalue weighted by Gasteiger charge is 2.39. The van der Waals surface area contributed by atoms with E-state index in [1.807, 2.05) is 27.0 Å². The third-order valence-electron chi connectivity index (χ3n) is 5.57. The minimum atomic E-state index is -0.441. The summed E-state index contributed by atoms with van der Waals surface area (Å²) in [6, 6.07) is 3.55. The lowest BCUT2D eigenvalue weighted by Gasteiger charge is -2.34. The zero-order valence-electron chi connectivity index (χ0n) is 16.5. The quantitative estimate of drug-likeness (QED) is 0.738. The van der Waals surface area contributed by atoms with Crippen molar-refractivity contribution in [3.05, 3.63) is 62.8 Å². The second-order valence-electron chi connectivity index (χ2n) is 7.39. The van der Waals surface area contributed by atoms with E-state index < -0.39 is 5.92 Å². The van der Waals surface area contributed by atoms with Gasteiger partial charge < -0.3 is 10.6 Å². The fourth-order valence-electron chi connectivity index (χ4n) is 4.03.